The van der Waals surface area contributed by atoms with Crippen LogP contribution in [0.15, 0.2) is 48.4 Å². The number of hydrogen-bond acceptors (Lipinski definition) is 6. The van der Waals surface area contributed by atoms with Crippen molar-refractivity contribution in [2.75, 3.05) is 20.8 Å². The van der Waals surface area contributed by atoms with E-state index in [0.717, 1.165) is 10.4 Å². The molecule has 6 nitrogen and oxygen atoms in total. The summed E-state index contributed by atoms with van der Waals surface area (Å²) in [5, 5.41) is 4.70. The lowest BCUT2D eigenvalue weighted by atomic mass is 10.1. The predicted molar refractivity (Wildman–Crippen MR) is 104 cm³/mol. The Hall–Kier alpha value is -2.80. The molecule has 1 heterocycles. The first-order valence-electron chi connectivity index (χ1n) is 8.37. The van der Waals surface area contributed by atoms with Crippen LogP contribution in [0.2, 0.25) is 0 Å². The van der Waals surface area contributed by atoms with Gasteiger partial charge in [-0.25, -0.2) is 0 Å². The average molecular weight is 389 g/mol. The fourth-order valence-electron chi connectivity index (χ4n) is 2.47. The Bertz CT molecular complexity index is 773. The van der Waals surface area contributed by atoms with Crippen LogP contribution in [0.1, 0.15) is 22.9 Å². The van der Waals surface area contributed by atoms with E-state index in [2.05, 4.69) is 11.9 Å². The van der Waals surface area contributed by atoms with Gasteiger partial charge in [-0.1, -0.05) is 18.2 Å². The van der Waals surface area contributed by atoms with Crippen LogP contribution in [-0.4, -0.2) is 32.7 Å². The van der Waals surface area contributed by atoms with E-state index in [9.17, 15) is 9.59 Å². The van der Waals surface area contributed by atoms with Gasteiger partial charge in [0.25, 0.3) is 5.91 Å². The number of allylic oxidation sites excluding steroid dienone is 1. The molecule has 2 aromatic rings. The summed E-state index contributed by atoms with van der Waals surface area (Å²) < 4.78 is 15.6. The number of hydrogen-bond donors (Lipinski definition) is 1. The topological polar surface area (TPSA) is 73.9 Å². The van der Waals surface area contributed by atoms with Crippen LogP contribution >= 0.6 is 11.3 Å². The summed E-state index contributed by atoms with van der Waals surface area (Å²) in [7, 11) is 2.87. The standard InChI is InChI=1S/C20H23NO5S/c1-4-6-14-8-9-16(17(11-14)24-2)26-13-19(22)21-15(12-20(23)25-3)18-7-5-10-27-18/h4-5,7-11,15H,1,6,12-13H2,2-3H3,(H,21,22). The normalized spacial score (nSPS) is 11.3. The number of esters is 1. The van der Waals surface area contributed by atoms with Crippen LogP contribution in [0.25, 0.3) is 0 Å². The highest BCUT2D eigenvalue weighted by Crippen LogP contribution is 2.28. The van der Waals surface area contributed by atoms with Crippen LogP contribution < -0.4 is 14.8 Å². The van der Waals surface area contributed by atoms with E-state index in [4.69, 9.17) is 14.2 Å². The first kappa shape index (κ1) is 20.5. The van der Waals surface area contributed by atoms with Crippen molar-refractivity contribution in [1.82, 2.24) is 5.32 Å². The smallest absolute Gasteiger partial charge is 0.307 e. The van der Waals surface area contributed by atoms with Gasteiger partial charge in [-0.2, -0.15) is 0 Å². The molecule has 1 unspecified atom stereocenters. The third kappa shape index (κ3) is 6.14. The van der Waals surface area contributed by atoms with Gasteiger partial charge in [0.15, 0.2) is 18.1 Å². The fourth-order valence-corrected chi connectivity index (χ4v) is 3.24. The summed E-state index contributed by atoms with van der Waals surface area (Å²) in [6, 6.07) is 8.77. The van der Waals surface area contributed by atoms with E-state index in [1.165, 1.54) is 18.4 Å². The van der Waals surface area contributed by atoms with Gasteiger partial charge in [-0.15, -0.1) is 17.9 Å². The minimum Gasteiger partial charge on any atom is -0.493 e. The lowest BCUT2D eigenvalue weighted by Gasteiger charge is -2.17. The molecule has 0 aliphatic carbocycles. The van der Waals surface area contributed by atoms with Crippen molar-refractivity contribution >= 4 is 23.2 Å². The maximum Gasteiger partial charge on any atom is 0.307 e. The number of rotatable bonds is 10. The first-order chi connectivity index (χ1) is 13.1. The Morgan fingerprint density at radius 2 is 2.07 bits per heavy atom. The number of benzene rings is 1. The highest BCUT2D eigenvalue weighted by Gasteiger charge is 2.20. The molecule has 1 aromatic heterocycles. The number of amides is 1. The van der Waals surface area contributed by atoms with Crippen molar-refractivity contribution < 1.29 is 23.8 Å². The van der Waals surface area contributed by atoms with Gasteiger partial charge >= 0.3 is 5.97 Å². The second-order valence-corrected chi connectivity index (χ2v) is 6.66. The Kier molecular flexibility index (Phi) is 7.88. The van der Waals surface area contributed by atoms with E-state index in [0.29, 0.717) is 17.9 Å². The number of thiophene rings is 1. The number of carbonyl (C=O) groups is 2. The highest BCUT2D eigenvalue weighted by molar-refractivity contribution is 7.10. The molecule has 0 spiro atoms. The molecular weight excluding hydrogens is 366 g/mol. The van der Waals surface area contributed by atoms with Crippen LogP contribution in [0.3, 0.4) is 0 Å². The highest BCUT2D eigenvalue weighted by atomic mass is 32.1. The van der Waals surface area contributed by atoms with Crippen molar-refractivity contribution in [3.05, 3.63) is 58.8 Å². The summed E-state index contributed by atoms with van der Waals surface area (Å²) in [4.78, 5) is 24.8. The van der Waals surface area contributed by atoms with Gasteiger partial charge in [0, 0.05) is 4.88 Å². The monoisotopic (exact) mass is 389 g/mol. The summed E-state index contributed by atoms with van der Waals surface area (Å²) in [5.74, 6) is 0.288. The van der Waals surface area contributed by atoms with Crippen LogP contribution in [0.5, 0.6) is 11.5 Å². The SMILES string of the molecule is C=CCc1ccc(OCC(=O)NC(CC(=O)OC)c2cccs2)c(OC)c1. The molecule has 27 heavy (non-hydrogen) atoms. The molecular formula is C20H23NO5S. The Labute approximate surface area is 162 Å². The van der Waals surface area contributed by atoms with Crippen LogP contribution in [0, 0.1) is 0 Å². The van der Waals surface area contributed by atoms with Crippen molar-refractivity contribution in [2.45, 2.75) is 18.9 Å². The summed E-state index contributed by atoms with van der Waals surface area (Å²) in [5.41, 5.74) is 1.04. The minimum atomic E-state index is -0.453. The van der Waals surface area contributed by atoms with Gasteiger partial charge in [-0.3, -0.25) is 9.59 Å². The lowest BCUT2D eigenvalue weighted by Crippen LogP contribution is -2.33. The van der Waals surface area contributed by atoms with Crippen LogP contribution in [-0.2, 0) is 20.7 Å². The zero-order chi connectivity index (χ0) is 19.6. The zero-order valence-corrected chi connectivity index (χ0v) is 16.2. The maximum absolute atomic E-state index is 12.3. The molecule has 0 bridgehead atoms. The first-order valence-corrected chi connectivity index (χ1v) is 9.25. The third-order valence-electron chi connectivity index (χ3n) is 3.79. The summed E-state index contributed by atoms with van der Waals surface area (Å²) >= 11 is 1.46. The van der Waals surface area contributed by atoms with E-state index in [1.807, 2.05) is 29.6 Å². The molecule has 144 valence electrons. The van der Waals surface area contributed by atoms with Crippen molar-refractivity contribution in [3.8, 4) is 11.5 Å². The zero-order valence-electron chi connectivity index (χ0n) is 15.4. The predicted octanol–water partition coefficient (Wildman–Crippen LogP) is 3.28. The Morgan fingerprint density at radius 1 is 1.26 bits per heavy atom. The average Bonchev–Trinajstić information content (AvgIpc) is 3.21. The molecule has 0 radical (unpaired) electrons. The Morgan fingerprint density at radius 3 is 2.70 bits per heavy atom. The van der Waals surface area contributed by atoms with E-state index >= 15 is 0 Å². The second-order valence-electron chi connectivity index (χ2n) is 5.68. The van der Waals surface area contributed by atoms with Crippen LogP contribution in [0.4, 0.5) is 0 Å². The quantitative estimate of drug-likeness (QED) is 0.499. The summed E-state index contributed by atoms with van der Waals surface area (Å²) in [6.07, 6.45) is 2.57. The largest absolute Gasteiger partial charge is 0.493 e. The van der Waals surface area contributed by atoms with Gasteiger partial charge in [0.05, 0.1) is 26.7 Å². The number of carbonyl (C=O) groups excluding carboxylic acids is 2. The molecule has 1 atom stereocenters. The number of ether oxygens (including phenoxy) is 3. The molecule has 0 saturated carbocycles. The van der Waals surface area contributed by atoms with E-state index in [-0.39, 0.29) is 18.9 Å². The molecule has 0 aliphatic heterocycles. The number of nitrogens with one attached hydrogen (secondary N) is 1. The molecule has 7 heteroatoms. The molecule has 2 rings (SSSR count). The molecule has 0 aliphatic rings. The molecule has 0 saturated heterocycles. The Balaban J connectivity index is 1.99. The van der Waals surface area contributed by atoms with Crippen molar-refractivity contribution in [3.63, 3.8) is 0 Å². The van der Waals surface area contributed by atoms with E-state index in [1.54, 1.807) is 19.3 Å². The molecule has 0 fully saturated rings. The minimum absolute atomic E-state index is 0.0579. The van der Waals surface area contributed by atoms with Crippen molar-refractivity contribution in [2.24, 2.45) is 0 Å². The lowest BCUT2D eigenvalue weighted by molar-refractivity contribution is -0.141. The summed E-state index contributed by atoms with van der Waals surface area (Å²) in [6.45, 7) is 3.52. The van der Waals surface area contributed by atoms with Gasteiger partial charge in [0.1, 0.15) is 0 Å². The molecule has 1 N–H and O–H groups in total. The maximum atomic E-state index is 12.3. The van der Waals surface area contributed by atoms with Gasteiger partial charge < -0.3 is 19.5 Å². The van der Waals surface area contributed by atoms with Gasteiger partial charge in [-0.05, 0) is 35.6 Å². The third-order valence-corrected chi connectivity index (χ3v) is 4.77. The fraction of sp³-hybridized carbons (Fsp3) is 0.300. The van der Waals surface area contributed by atoms with Crippen molar-refractivity contribution in [1.29, 1.82) is 0 Å². The van der Waals surface area contributed by atoms with Gasteiger partial charge in [0.2, 0.25) is 0 Å². The second kappa shape index (κ2) is 10.4. The molecule has 1 aromatic carbocycles. The van der Waals surface area contributed by atoms with E-state index < -0.39 is 12.0 Å². The molecule has 1 amide bonds. The number of methoxy groups -OCH3 is 2.